The van der Waals surface area contributed by atoms with Crippen LogP contribution in [0.1, 0.15) is 19.8 Å². The summed E-state index contributed by atoms with van der Waals surface area (Å²) in [6.45, 7) is 3.65. The number of carbonyl (C=O) groups is 2. The van der Waals surface area contributed by atoms with Crippen LogP contribution in [0.3, 0.4) is 0 Å². The molecule has 0 aliphatic heterocycles. The van der Waals surface area contributed by atoms with Crippen molar-refractivity contribution in [2.24, 2.45) is 11.7 Å². The zero-order valence-electron chi connectivity index (χ0n) is 11.6. The molecule has 0 aromatic rings. The number of nitrogens with two attached hydrogens (primary N) is 1. The Kier molecular flexibility index (Phi) is 9.22. The minimum Gasteiger partial charge on any atom is -0.385 e. The summed E-state index contributed by atoms with van der Waals surface area (Å²) in [5.41, 5.74) is 5.45. The summed E-state index contributed by atoms with van der Waals surface area (Å²) in [4.78, 5) is 24.6. The highest BCUT2D eigenvalue weighted by Crippen LogP contribution is 2.02. The van der Waals surface area contributed by atoms with Gasteiger partial charge in [-0.2, -0.15) is 0 Å². The Morgan fingerprint density at radius 2 is 2.11 bits per heavy atom. The zero-order chi connectivity index (χ0) is 14.0. The second-order valence-corrected chi connectivity index (χ2v) is 4.49. The highest BCUT2D eigenvalue weighted by Gasteiger charge is 2.14. The molecule has 3 N–H and O–H groups in total. The van der Waals surface area contributed by atoms with Crippen LogP contribution in [0.2, 0.25) is 0 Å². The first-order valence-electron chi connectivity index (χ1n) is 6.20. The first kappa shape index (κ1) is 16.9. The first-order chi connectivity index (χ1) is 8.51. The van der Waals surface area contributed by atoms with E-state index in [0.29, 0.717) is 26.1 Å². The minimum absolute atomic E-state index is 0.0556. The van der Waals surface area contributed by atoms with E-state index in [-0.39, 0.29) is 24.3 Å². The van der Waals surface area contributed by atoms with Crippen molar-refractivity contribution in [1.82, 2.24) is 10.2 Å². The van der Waals surface area contributed by atoms with E-state index in [4.69, 9.17) is 10.5 Å². The fourth-order valence-electron chi connectivity index (χ4n) is 1.34. The SMILES string of the molecule is COCCCNC(=O)CN(C)C(=O)CC(C)CN. The minimum atomic E-state index is -0.151. The van der Waals surface area contributed by atoms with Gasteiger partial charge in [0.25, 0.3) is 0 Å². The van der Waals surface area contributed by atoms with Crippen molar-refractivity contribution >= 4 is 11.8 Å². The molecule has 0 spiro atoms. The van der Waals surface area contributed by atoms with Crippen LogP contribution in [0.5, 0.6) is 0 Å². The van der Waals surface area contributed by atoms with Crippen molar-refractivity contribution in [3.8, 4) is 0 Å². The van der Waals surface area contributed by atoms with E-state index >= 15 is 0 Å². The predicted molar refractivity (Wildman–Crippen MR) is 70.0 cm³/mol. The molecule has 18 heavy (non-hydrogen) atoms. The van der Waals surface area contributed by atoms with Gasteiger partial charge in [0.15, 0.2) is 0 Å². The molecular weight excluding hydrogens is 234 g/mol. The van der Waals surface area contributed by atoms with Gasteiger partial charge in [-0.05, 0) is 18.9 Å². The first-order valence-corrected chi connectivity index (χ1v) is 6.20. The lowest BCUT2D eigenvalue weighted by molar-refractivity contribution is -0.135. The van der Waals surface area contributed by atoms with E-state index < -0.39 is 0 Å². The van der Waals surface area contributed by atoms with Gasteiger partial charge in [-0.25, -0.2) is 0 Å². The van der Waals surface area contributed by atoms with Crippen LogP contribution in [0.4, 0.5) is 0 Å². The Balaban J connectivity index is 3.81. The molecule has 0 rings (SSSR count). The molecule has 6 nitrogen and oxygen atoms in total. The van der Waals surface area contributed by atoms with Crippen molar-refractivity contribution in [2.45, 2.75) is 19.8 Å². The van der Waals surface area contributed by atoms with Crippen molar-refractivity contribution in [3.05, 3.63) is 0 Å². The summed E-state index contributed by atoms with van der Waals surface area (Å²) in [7, 11) is 3.24. The van der Waals surface area contributed by atoms with Crippen LogP contribution < -0.4 is 11.1 Å². The van der Waals surface area contributed by atoms with Crippen LogP contribution in [-0.2, 0) is 14.3 Å². The Bertz CT molecular complexity index is 259. The van der Waals surface area contributed by atoms with Crippen LogP contribution >= 0.6 is 0 Å². The molecular formula is C12H25N3O3. The topological polar surface area (TPSA) is 84.7 Å². The second kappa shape index (κ2) is 9.85. The molecule has 2 amide bonds. The number of rotatable bonds is 9. The predicted octanol–water partition coefficient (Wildman–Crippen LogP) is -0.418. The van der Waals surface area contributed by atoms with Gasteiger partial charge in [-0.15, -0.1) is 0 Å². The summed E-state index contributed by atoms with van der Waals surface area (Å²) >= 11 is 0. The van der Waals surface area contributed by atoms with Crippen LogP contribution in [-0.4, -0.2) is 57.1 Å². The van der Waals surface area contributed by atoms with Crippen LogP contribution in [0, 0.1) is 5.92 Å². The second-order valence-electron chi connectivity index (χ2n) is 4.49. The zero-order valence-corrected chi connectivity index (χ0v) is 11.6. The van der Waals surface area contributed by atoms with Crippen molar-refractivity contribution in [2.75, 3.05) is 40.4 Å². The fraction of sp³-hybridized carbons (Fsp3) is 0.833. The molecule has 106 valence electrons. The Labute approximate surface area is 109 Å². The van der Waals surface area contributed by atoms with E-state index in [0.717, 1.165) is 6.42 Å². The third-order valence-electron chi connectivity index (χ3n) is 2.58. The average Bonchev–Trinajstić information content (AvgIpc) is 2.34. The summed E-state index contributed by atoms with van der Waals surface area (Å²) in [5, 5.41) is 2.73. The number of ether oxygens (including phenoxy) is 1. The van der Waals surface area contributed by atoms with E-state index in [9.17, 15) is 9.59 Å². The smallest absolute Gasteiger partial charge is 0.239 e. The number of nitrogens with one attached hydrogen (secondary N) is 1. The lowest BCUT2D eigenvalue weighted by Gasteiger charge is -2.18. The number of amides is 2. The van der Waals surface area contributed by atoms with Gasteiger partial charge in [0.1, 0.15) is 0 Å². The normalized spacial score (nSPS) is 12.0. The summed E-state index contributed by atoms with van der Waals surface area (Å²) < 4.78 is 4.87. The number of carbonyl (C=O) groups excluding carboxylic acids is 2. The number of hydrogen-bond donors (Lipinski definition) is 2. The van der Waals surface area contributed by atoms with Gasteiger partial charge in [0, 0.05) is 33.7 Å². The average molecular weight is 259 g/mol. The van der Waals surface area contributed by atoms with E-state index in [1.807, 2.05) is 6.92 Å². The third kappa shape index (κ3) is 8.03. The van der Waals surface area contributed by atoms with Crippen LogP contribution in [0.25, 0.3) is 0 Å². The van der Waals surface area contributed by atoms with Crippen molar-refractivity contribution < 1.29 is 14.3 Å². The molecule has 0 aliphatic carbocycles. The summed E-state index contributed by atoms with van der Waals surface area (Å²) in [5.74, 6) is -0.0629. The number of methoxy groups -OCH3 is 1. The molecule has 6 heteroatoms. The molecule has 0 aromatic heterocycles. The molecule has 0 heterocycles. The fourth-order valence-corrected chi connectivity index (χ4v) is 1.34. The standard InChI is InChI=1S/C12H25N3O3/c1-10(8-13)7-12(17)15(2)9-11(16)14-5-4-6-18-3/h10H,4-9,13H2,1-3H3,(H,14,16). The molecule has 0 saturated carbocycles. The Morgan fingerprint density at radius 1 is 1.44 bits per heavy atom. The lowest BCUT2D eigenvalue weighted by Crippen LogP contribution is -2.39. The monoisotopic (exact) mass is 259 g/mol. The molecule has 0 bridgehead atoms. The maximum atomic E-state index is 11.7. The Hall–Kier alpha value is -1.14. The maximum Gasteiger partial charge on any atom is 0.239 e. The maximum absolute atomic E-state index is 11.7. The van der Waals surface area contributed by atoms with Gasteiger partial charge >= 0.3 is 0 Å². The quantitative estimate of drug-likeness (QED) is 0.551. The number of hydrogen-bond acceptors (Lipinski definition) is 4. The van der Waals surface area contributed by atoms with Gasteiger partial charge in [0.2, 0.25) is 11.8 Å². The summed E-state index contributed by atoms with van der Waals surface area (Å²) in [6, 6.07) is 0. The highest BCUT2D eigenvalue weighted by molar-refractivity contribution is 5.84. The van der Waals surface area contributed by atoms with E-state index in [1.165, 1.54) is 4.90 Å². The van der Waals surface area contributed by atoms with Gasteiger partial charge in [-0.3, -0.25) is 9.59 Å². The van der Waals surface area contributed by atoms with Gasteiger partial charge in [-0.1, -0.05) is 6.92 Å². The molecule has 0 saturated heterocycles. The third-order valence-corrected chi connectivity index (χ3v) is 2.58. The number of nitrogens with zero attached hydrogens (tertiary/aromatic N) is 1. The largest absolute Gasteiger partial charge is 0.385 e. The van der Waals surface area contributed by atoms with E-state index in [2.05, 4.69) is 5.32 Å². The molecule has 1 unspecified atom stereocenters. The van der Waals surface area contributed by atoms with E-state index in [1.54, 1.807) is 14.2 Å². The molecule has 0 aliphatic rings. The Morgan fingerprint density at radius 3 is 2.67 bits per heavy atom. The summed E-state index contributed by atoms with van der Waals surface area (Å²) in [6.07, 6.45) is 1.15. The van der Waals surface area contributed by atoms with Gasteiger partial charge < -0.3 is 20.7 Å². The number of likely N-dealkylation sites (N-methyl/N-ethyl adjacent to an activating group) is 1. The van der Waals surface area contributed by atoms with Crippen LogP contribution in [0.15, 0.2) is 0 Å². The molecule has 0 radical (unpaired) electrons. The highest BCUT2D eigenvalue weighted by atomic mass is 16.5. The molecule has 0 aromatic carbocycles. The lowest BCUT2D eigenvalue weighted by atomic mass is 10.1. The van der Waals surface area contributed by atoms with Crippen molar-refractivity contribution in [1.29, 1.82) is 0 Å². The molecule has 0 fully saturated rings. The molecule has 1 atom stereocenters. The van der Waals surface area contributed by atoms with Crippen molar-refractivity contribution in [3.63, 3.8) is 0 Å². The van der Waals surface area contributed by atoms with Gasteiger partial charge in [0.05, 0.1) is 6.54 Å².